The number of halogens is 1. The van der Waals surface area contributed by atoms with Gasteiger partial charge in [0.25, 0.3) is 0 Å². The summed E-state index contributed by atoms with van der Waals surface area (Å²) in [6, 6.07) is 22.8. The number of hydrogen-bond donors (Lipinski definition) is 2. The molecule has 2 N–H and O–H groups in total. The molecule has 5 rings (SSSR count). The Balaban J connectivity index is 1.47. The molecule has 0 saturated carbocycles. The van der Waals surface area contributed by atoms with Gasteiger partial charge in [-0.2, -0.15) is 0 Å². The third kappa shape index (κ3) is 5.07. The van der Waals surface area contributed by atoms with Crippen LogP contribution in [0, 0.1) is 5.82 Å². The van der Waals surface area contributed by atoms with Gasteiger partial charge < -0.3 is 15.2 Å². The second-order valence-electron chi connectivity index (χ2n) is 7.39. The molecule has 0 fully saturated rings. The fourth-order valence-corrected chi connectivity index (χ4v) is 4.22. The van der Waals surface area contributed by atoms with Crippen LogP contribution < -0.4 is 10.1 Å². The van der Waals surface area contributed by atoms with Crippen molar-refractivity contribution in [2.45, 2.75) is 16.4 Å². The fraction of sp³-hybridized carbons (Fsp3) is 0.0385. The summed E-state index contributed by atoms with van der Waals surface area (Å²) in [5.74, 6) is 1.16. The second-order valence-corrected chi connectivity index (χ2v) is 8.51. The SMILES string of the molecule is Oc1ccc(Sc2ccc(OCc3cccc(F)c3)cc2Nc2ncnc3ncccc23)cc1. The van der Waals surface area contributed by atoms with E-state index in [0.29, 0.717) is 17.2 Å². The smallest absolute Gasteiger partial charge is 0.164 e. The Morgan fingerprint density at radius 3 is 2.65 bits per heavy atom. The van der Waals surface area contributed by atoms with Gasteiger partial charge in [-0.3, -0.25) is 0 Å². The number of rotatable bonds is 7. The van der Waals surface area contributed by atoms with E-state index in [1.54, 1.807) is 24.4 Å². The number of aromatic hydroxyl groups is 1. The van der Waals surface area contributed by atoms with Crippen molar-refractivity contribution in [3.05, 3.63) is 103 Å². The summed E-state index contributed by atoms with van der Waals surface area (Å²) in [7, 11) is 0. The number of fused-ring (bicyclic) bond motifs is 1. The standard InChI is InChI=1S/C26H19FN4O2S/c27-18-4-1-3-17(13-18)15-33-20-8-11-24(34-21-9-6-19(32)7-10-21)23(14-20)31-26-22-5-2-12-28-25(22)29-16-30-26/h1-14,16,32H,15H2,(H,28,29,30,31). The molecular weight excluding hydrogens is 451 g/mol. The van der Waals surface area contributed by atoms with E-state index in [0.717, 1.165) is 26.4 Å². The summed E-state index contributed by atoms with van der Waals surface area (Å²) in [6.45, 7) is 0.238. The van der Waals surface area contributed by atoms with Crippen molar-refractivity contribution in [2.75, 3.05) is 5.32 Å². The highest BCUT2D eigenvalue weighted by Gasteiger charge is 2.11. The maximum atomic E-state index is 13.5. The number of phenols is 1. The van der Waals surface area contributed by atoms with Crippen molar-refractivity contribution < 1.29 is 14.2 Å². The Kier molecular flexibility index (Phi) is 6.22. The molecule has 3 aromatic carbocycles. The maximum absolute atomic E-state index is 13.5. The van der Waals surface area contributed by atoms with Crippen molar-refractivity contribution in [3.8, 4) is 11.5 Å². The van der Waals surface area contributed by atoms with E-state index in [4.69, 9.17) is 4.74 Å². The zero-order chi connectivity index (χ0) is 23.3. The first-order valence-electron chi connectivity index (χ1n) is 10.4. The summed E-state index contributed by atoms with van der Waals surface area (Å²) in [5, 5.41) is 13.8. The molecule has 8 heteroatoms. The van der Waals surface area contributed by atoms with Gasteiger partial charge in [0.05, 0.1) is 11.1 Å². The molecule has 0 unspecified atom stereocenters. The Morgan fingerprint density at radius 1 is 0.912 bits per heavy atom. The van der Waals surface area contributed by atoms with Gasteiger partial charge in [0, 0.05) is 22.1 Å². The molecule has 0 bridgehead atoms. The highest BCUT2D eigenvalue weighted by atomic mass is 32.2. The van der Waals surface area contributed by atoms with Crippen LogP contribution in [0.1, 0.15) is 5.56 Å². The molecule has 0 aliphatic rings. The third-order valence-corrected chi connectivity index (χ3v) is 6.06. The van der Waals surface area contributed by atoms with E-state index in [-0.39, 0.29) is 18.2 Å². The van der Waals surface area contributed by atoms with Crippen LogP contribution in [-0.2, 0) is 6.61 Å². The average molecular weight is 471 g/mol. The lowest BCUT2D eigenvalue weighted by Crippen LogP contribution is -2.00. The fourth-order valence-electron chi connectivity index (χ4n) is 3.34. The van der Waals surface area contributed by atoms with Gasteiger partial charge in [0.2, 0.25) is 0 Å². The Hall–Kier alpha value is -4.17. The molecule has 0 spiro atoms. The van der Waals surface area contributed by atoms with Crippen LogP contribution in [0.15, 0.2) is 101 Å². The summed E-state index contributed by atoms with van der Waals surface area (Å²) < 4.78 is 19.5. The molecule has 34 heavy (non-hydrogen) atoms. The Labute approximate surface area is 199 Å². The van der Waals surface area contributed by atoms with Crippen molar-refractivity contribution in [3.63, 3.8) is 0 Å². The molecular formula is C26H19FN4O2S. The van der Waals surface area contributed by atoms with Crippen LogP contribution in [0.5, 0.6) is 11.5 Å². The van der Waals surface area contributed by atoms with Gasteiger partial charge in [0.15, 0.2) is 5.65 Å². The minimum Gasteiger partial charge on any atom is -0.508 e. The van der Waals surface area contributed by atoms with Gasteiger partial charge in [-0.15, -0.1) is 0 Å². The summed E-state index contributed by atoms with van der Waals surface area (Å²) in [6.07, 6.45) is 3.15. The quantitative estimate of drug-likeness (QED) is 0.287. The zero-order valence-corrected chi connectivity index (χ0v) is 18.7. The molecule has 0 saturated heterocycles. The van der Waals surface area contributed by atoms with Gasteiger partial charge >= 0.3 is 0 Å². The number of hydrogen-bond acceptors (Lipinski definition) is 7. The van der Waals surface area contributed by atoms with Crippen molar-refractivity contribution >= 4 is 34.3 Å². The van der Waals surface area contributed by atoms with E-state index in [9.17, 15) is 9.50 Å². The number of aromatic nitrogens is 3. The van der Waals surface area contributed by atoms with E-state index in [2.05, 4.69) is 20.3 Å². The Bertz CT molecular complexity index is 1440. The molecule has 0 amide bonds. The van der Waals surface area contributed by atoms with Crippen LogP contribution >= 0.6 is 11.8 Å². The first-order valence-corrected chi connectivity index (χ1v) is 11.3. The molecule has 0 aliphatic carbocycles. The van der Waals surface area contributed by atoms with Crippen molar-refractivity contribution in [2.24, 2.45) is 0 Å². The first kappa shape index (κ1) is 21.7. The number of nitrogens with zero attached hydrogens (tertiary/aromatic N) is 3. The van der Waals surface area contributed by atoms with Crippen molar-refractivity contribution in [1.29, 1.82) is 0 Å². The van der Waals surface area contributed by atoms with E-state index >= 15 is 0 Å². The monoisotopic (exact) mass is 470 g/mol. The molecule has 168 valence electrons. The molecule has 6 nitrogen and oxygen atoms in total. The number of pyridine rings is 1. The largest absolute Gasteiger partial charge is 0.508 e. The summed E-state index contributed by atoms with van der Waals surface area (Å²) in [4.78, 5) is 14.8. The van der Waals surface area contributed by atoms with Crippen molar-refractivity contribution in [1.82, 2.24) is 15.0 Å². The number of nitrogens with one attached hydrogen (secondary N) is 1. The Morgan fingerprint density at radius 2 is 1.79 bits per heavy atom. The lowest BCUT2D eigenvalue weighted by molar-refractivity contribution is 0.305. The minimum atomic E-state index is -0.298. The average Bonchev–Trinajstić information content (AvgIpc) is 2.86. The van der Waals surface area contributed by atoms with E-state index in [1.807, 2.05) is 48.5 Å². The minimum absolute atomic E-state index is 0.212. The van der Waals surface area contributed by atoms with Gasteiger partial charge in [0.1, 0.15) is 36.1 Å². The van der Waals surface area contributed by atoms with E-state index in [1.165, 1.54) is 30.2 Å². The molecule has 2 heterocycles. The van der Waals surface area contributed by atoms with Crippen LogP contribution in [0.25, 0.3) is 11.0 Å². The summed E-state index contributed by atoms with van der Waals surface area (Å²) >= 11 is 1.53. The molecule has 5 aromatic rings. The number of anilines is 2. The summed E-state index contributed by atoms with van der Waals surface area (Å²) in [5.41, 5.74) is 2.11. The van der Waals surface area contributed by atoms with Gasteiger partial charge in [-0.1, -0.05) is 23.9 Å². The van der Waals surface area contributed by atoms with Gasteiger partial charge in [-0.25, -0.2) is 19.3 Å². The zero-order valence-electron chi connectivity index (χ0n) is 17.9. The highest BCUT2D eigenvalue weighted by Crippen LogP contribution is 2.38. The maximum Gasteiger partial charge on any atom is 0.164 e. The predicted molar refractivity (Wildman–Crippen MR) is 130 cm³/mol. The van der Waals surface area contributed by atoms with E-state index < -0.39 is 0 Å². The van der Waals surface area contributed by atoms with Crippen LogP contribution in [0.3, 0.4) is 0 Å². The first-order chi connectivity index (χ1) is 16.6. The highest BCUT2D eigenvalue weighted by molar-refractivity contribution is 7.99. The molecule has 0 aliphatic heterocycles. The second kappa shape index (κ2) is 9.76. The number of phenolic OH excluding ortho intramolecular Hbond substituents is 1. The molecule has 0 atom stereocenters. The lowest BCUT2D eigenvalue weighted by atomic mass is 10.2. The topological polar surface area (TPSA) is 80.2 Å². The predicted octanol–water partition coefficient (Wildman–Crippen LogP) is 6.34. The number of ether oxygens (including phenoxy) is 1. The van der Waals surface area contributed by atoms with Crippen LogP contribution in [0.4, 0.5) is 15.9 Å². The van der Waals surface area contributed by atoms with Gasteiger partial charge in [-0.05, 0) is 66.2 Å². The lowest BCUT2D eigenvalue weighted by Gasteiger charge is -2.15. The number of benzene rings is 3. The van der Waals surface area contributed by atoms with Crippen LogP contribution in [-0.4, -0.2) is 20.1 Å². The molecule has 2 aromatic heterocycles. The third-order valence-electron chi connectivity index (χ3n) is 4.97. The normalized spacial score (nSPS) is 10.9. The van der Waals surface area contributed by atoms with Crippen LogP contribution in [0.2, 0.25) is 0 Å². The molecule has 0 radical (unpaired) electrons.